The molecule has 0 aromatic heterocycles. The number of nitrogens with one attached hydrogen (secondary N) is 1. The van der Waals surface area contributed by atoms with E-state index >= 15 is 0 Å². The molecule has 0 radical (unpaired) electrons. The van der Waals surface area contributed by atoms with Crippen molar-refractivity contribution in [2.24, 2.45) is 5.92 Å². The van der Waals surface area contributed by atoms with Gasteiger partial charge in [-0.3, -0.25) is 0 Å². The highest BCUT2D eigenvalue weighted by Crippen LogP contribution is 2.23. The van der Waals surface area contributed by atoms with Crippen molar-refractivity contribution >= 4 is 23.2 Å². The van der Waals surface area contributed by atoms with E-state index in [2.05, 4.69) is 19.2 Å². The van der Waals surface area contributed by atoms with E-state index in [9.17, 15) is 0 Å². The quantitative estimate of drug-likeness (QED) is 0.748. The van der Waals surface area contributed by atoms with Crippen molar-refractivity contribution in [3.05, 3.63) is 33.8 Å². The van der Waals surface area contributed by atoms with E-state index in [0.717, 1.165) is 17.4 Å². The Hall–Kier alpha value is -0.240. The number of hydrogen-bond acceptors (Lipinski definition) is 1. The minimum atomic E-state index is 0.488. The normalized spacial score (nSPS) is 13.0. The summed E-state index contributed by atoms with van der Waals surface area (Å²) < 4.78 is 0. The van der Waals surface area contributed by atoms with Gasteiger partial charge in [0.05, 0.1) is 0 Å². The van der Waals surface area contributed by atoms with Crippen molar-refractivity contribution in [3.8, 4) is 0 Å². The molecule has 1 nitrogen and oxygen atoms in total. The zero-order chi connectivity index (χ0) is 13.5. The van der Waals surface area contributed by atoms with Gasteiger partial charge < -0.3 is 5.32 Å². The lowest BCUT2D eigenvalue weighted by Crippen LogP contribution is -2.27. The Labute approximate surface area is 121 Å². The predicted octanol–water partition coefficient (Wildman–Crippen LogP) is 4.95. The fourth-order valence-corrected chi connectivity index (χ4v) is 2.56. The Morgan fingerprint density at radius 1 is 1.17 bits per heavy atom. The van der Waals surface area contributed by atoms with Crippen LogP contribution in [0.3, 0.4) is 0 Å². The molecule has 0 spiro atoms. The van der Waals surface area contributed by atoms with Crippen LogP contribution in [0.5, 0.6) is 0 Å². The summed E-state index contributed by atoms with van der Waals surface area (Å²) in [6.07, 6.45) is 4.69. The molecule has 0 amide bonds. The van der Waals surface area contributed by atoms with Gasteiger partial charge in [0.2, 0.25) is 0 Å². The standard InChI is InChI=1S/C15H23Cl2N/c1-11(2)5-4-6-14(18-3)9-12-7-8-13(16)10-15(12)17/h7-8,10-11,14,18H,4-6,9H2,1-3H3. The number of likely N-dealkylation sites (N-methyl/N-ethyl adjacent to an activating group) is 1. The van der Waals surface area contributed by atoms with Gasteiger partial charge in [0, 0.05) is 16.1 Å². The third-order valence-electron chi connectivity index (χ3n) is 3.22. The van der Waals surface area contributed by atoms with E-state index in [1.165, 1.54) is 24.8 Å². The molecular formula is C15H23Cl2N. The Bertz CT molecular complexity index is 364. The van der Waals surface area contributed by atoms with Crippen molar-refractivity contribution < 1.29 is 0 Å². The molecule has 1 atom stereocenters. The number of benzene rings is 1. The maximum absolute atomic E-state index is 6.20. The zero-order valence-electron chi connectivity index (χ0n) is 11.5. The molecule has 1 aromatic rings. The second-order valence-electron chi connectivity index (χ2n) is 5.25. The van der Waals surface area contributed by atoms with Crippen LogP contribution in [0.2, 0.25) is 10.0 Å². The van der Waals surface area contributed by atoms with Gasteiger partial charge in [0.15, 0.2) is 0 Å². The highest BCUT2D eigenvalue weighted by molar-refractivity contribution is 6.35. The maximum atomic E-state index is 6.20. The van der Waals surface area contributed by atoms with Gasteiger partial charge in [-0.05, 0) is 43.5 Å². The first kappa shape index (κ1) is 15.8. The summed E-state index contributed by atoms with van der Waals surface area (Å²) in [5.41, 5.74) is 1.17. The Morgan fingerprint density at radius 2 is 1.89 bits per heavy atom. The second kappa shape index (κ2) is 8.04. The summed E-state index contributed by atoms with van der Waals surface area (Å²) >= 11 is 12.1. The lowest BCUT2D eigenvalue weighted by molar-refractivity contribution is 0.457. The molecule has 18 heavy (non-hydrogen) atoms. The average Bonchev–Trinajstić information content (AvgIpc) is 2.30. The van der Waals surface area contributed by atoms with Gasteiger partial charge in [-0.1, -0.05) is 56.0 Å². The summed E-state index contributed by atoms with van der Waals surface area (Å²) in [5, 5.41) is 4.84. The molecule has 0 heterocycles. The fraction of sp³-hybridized carbons (Fsp3) is 0.600. The molecular weight excluding hydrogens is 265 g/mol. The largest absolute Gasteiger partial charge is 0.317 e. The van der Waals surface area contributed by atoms with Crippen molar-refractivity contribution in [1.82, 2.24) is 5.32 Å². The molecule has 0 fully saturated rings. The minimum Gasteiger partial charge on any atom is -0.317 e. The van der Waals surface area contributed by atoms with Crippen molar-refractivity contribution in [2.75, 3.05) is 7.05 Å². The van der Waals surface area contributed by atoms with Crippen molar-refractivity contribution in [2.45, 2.75) is 45.6 Å². The van der Waals surface area contributed by atoms with Crippen molar-refractivity contribution in [3.63, 3.8) is 0 Å². The average molecular weight is 288 g/mol. The lowest BCUT2D eigenvalue weighted by Gasteiger charge is -2.17. The maximum Gasteiger partial charge on any atom is 0.0453 e. The molecule has 0 aliphatic rings. The summed E-state index contributed by atoms with van der Waals surface area (Å²) in [4.78, 5) is 0. The Balaban J connectivity index is 2.51. The topological polar surface area (TPSA) is 12.0 Å². The fourth-order valence-electron chi connectivity index (χ4n) is 2.07. The Kier molecular flexibility index (Phi) is 7.06. The zero-order valence-corrected chi connectivity index (χ0v) is 13.0. The first-order valence-corrected chi connectivity index (χ1v) is 7.39. The van der Waals surface area contributed by atoms with Gasteiger partial charge in [0.25, 0.3) is 0 Å². The van der Waals surface area contributed by atoms with Crippen LogP contribution in [0.1, 0.15) is 38.7 Å². The second-order valence-corrected chi connectivity index (χ2v) is 6.09. The van der Waals surface area contributed by atoms with E-state index in [-0.39, 0.29) is 0 Å². The van der Waals surface area contributed by atoms with Gasteiger partial charge in [0.1, 0.15) is 0 Å². The number of hydrogen-bond donors (Lipinski definition) is 1. The molecule has 0 saturated carbocycles. The summed E-state index contributed by atoms with van der Waals surface area (Å²) in [6.45, 7) is 4.54. The third-order valence-corrected chi connectivity index (χ3v) is 3.81. The molecule has 0 bridgehead atoms. The highest BCUT2D eigenvalue weighted by Gasteiger charge is 2.10. The van der Waals surface area contributed by atoms with E-state index in [1.54, 1.807) is 0 Å². The van der Waals surface area contributed by atoms with Crippen LogP contribution in [-0.2, 0) is 6.42 Å². The molecule has 0 aliphatic heterocycles. The van der Waals surface area contributed by atoms with Crippen LogP contribution in [-0.4, -0.2) is 13.1 Å². The summed E-state index contributed by atoms with van der Waals surface area (Å²) in [6, 6.07) is 6.24. The predicted molar refractivity (Wildman–Crippen MR) is 81.7 cm³/mol. The van der Waals surface area contributed by atoms with Gasteiger partial charge in [-0.25, -0.2) is 0 Å². The van der Waals surface area contributed by atoms with Crippen LogP contribution in [0.4, 0.5) is 0 Å². The van der Waals surface area contributed by atoms with Crippen LogP contribution >= 0.6 is 23.2 Å². The molecule has 1 rings (SSSR count). The third kappa shape index (κ3) is 5.60. The van der Waals surface area contributed by atoms with E-state index in [1.807, 2.05) is 25.2 Å². The Morgan fingerprint density at radius 3 is 2.44 bits per heavy atom. The first-order chi connectivity index (χ1) is 8.52. The first-order valence-electron chi connectivity index (χ1n) is 6.64. The summed E-state index contributed by atoms with van der Waals surface area (Å²) in [7, 11) is 2.02. The van der Waals surface area contributed by atoms with Gasteiger partial charge >= 0.3 is 0 Å². The minimum absolute atomic E-state index is 0.488. The smallest absolute Gasteiger partial charge is 0.0453 e. The van der Waals surface area contributed by atoms with Crippen LogP contribution in [0, 0.1) is 5.92 Å². The monoisotopic (exact) mass is 287 g/mol. The SMILES string of the molecule is CNC(CCCC(C)C)Cc1ccc(Cl)cc1Cl. The number of halogens is 2. The van der Waals surface area contributed by atoms with E-state index in [0.29, 0.717) is 11.1 Å². The molecule has 1 N–H and O–H groups in total. The number of rotatable bonds is 7. The van der Waals surface area contributed by atoms with Gasteiger partial charge in [-0.2, -0.15) is 0 Å². The summed E-state index contributed by atoms with van der Waals surface area (Å²) in [5.74, 6) is 0.779. The molecule has 0 saturated heterocycles. The van der Waals surface area contributed by atoms with E-state index < -0.39 is 0 Å². The lowest BCUT2D eigenvalue weighted by atomic mass is 9.98. The van der Waals surface area contributed by atoms with Crippen LogP contribution in [0.15, 0.2) is 18.2 Å². The van der Waals surface area contributed by atoms with Crippen LogP contribution in [0.25, 0.3) is 0 Å². The van der Waals surface area contributed by atoms with Gasteiger partial charge in [-0.15, -0.1) is 0 Å². The molecule has 1 aromatic carbocycles. The molecule has 1 unspecified atom stereocenters. The molecule has 102 valence electrons. The van der Waals surface area contributed by atoms with Crippen molar-refractivity contribution in [1.29, 1.82) is 0 Å². The van der Waals surface area contributed by atoms with E-state index in [4.69, 9.17) is 23.2 Å². The molecule has 0 aliphatic carbocycles. The highest BCUT2D eigenvalue weighted by atomic mass is 35.5. The molecule has 3 heteroatoms. The van der Waals surface area contributed by atoms with Crippen LogP contribution < -0.4 is 5.32 Å².